The monoisotopic (exact) mass is 858 g/mol. The Kier molecular flexibility index (Phi) is 9.46. The van der Waals surface area contributed by atoms with Gasteiger partial charge in [-0.05, 0) is 132 Å². The van der Waals surface area contributed by atoms with Gasteiger partial charge in [0.1, 0.15) is 0 Å². The van der Waals surface area contributed by atoms with Gasteiger partial charge in [0.25, 0.3) is 0 Å². The second-order valence-electron chi connectivity index (χ2n) is 16.8. The summed E-state index contributed by atoms with van der Waals surface area (Å²) in [6.45, 7) is 4.13. The zero-order valence-electron chi connectivity index (χ0n) is 35.8. The molecule has 2 aromatic heterocycles. The summed E-state index contributed by atoms with van der Waals surface area (Å²) in [4.78, 5) is 0. The summed E-state index contributed by atoms with van der Waals surface area (Å²) in [6, 6.07) is 64.8. The van der Waals surface area contributed by atoms with Gasteiger partial charge in [-0.1, -0.05) is 120 Å². The van der Waals surface area contributed by atoms with E-state index in [2.05, 4.69) is 132 Å². The van der Waals surface area contributed by atoms with Crippen molar-refractivity contribution in [2.24, 2.45) is 0 Å². The molecule has 0 fully saturated rings. The number of nitrogens with zero attached hydrogens (tertiary/aromatic N) is 4. The van der Waals surface area contributed by atoms with Gasteiger partial charge >= 0.3 is 6.18 Å². The number of fused-ring (bicyclic) bond motifs is 6. The van der Waals surface area contributed by atoms with Crippen LogP contribution in [0.25, 0.3) is 99.5 Å². The smallest absolute Gasteiger partial charge is 0.309 e. The molecule has 0 unspecified atom stereocenters. The summed E-state index contributed by atoms with van der Waals surface area (Å²) in [7, 11) is 0. The van der Waals surface area contributed by atoms with E-state index in [4.69, 9.17) is 0 Å². The van der Waals surface area contributed by atoms with Crippen LogP contribution in [-0.2, 0) is 6.18 Å². The highest BCUT2D eigenvalue weighted by Crippen LogP contribution is 2.46. The Bertz CT molecular complexity index is 3840. The number of alkyl halides is 3. The van der Waals surface area contributed by atoms with Gasteiger partial charge in [0, 0.05) is 32.8 Å². The first-order valence-electron chi connectivity index (χ1n) is 21.6. The van der Waals surface area contributed by atoms with Crippen LogP contribution in [-0.4, -0.2) is 9.13 Å². The summed E-state index contributed by atoms with van der Waals surface area (Å²) in [5.74, 6) is 0. The fourth-order valence-corrected chi connectivity index (χ4v) is 9.56. The second-order valence-corrected chi connectivity index (χ2v) is 16.8. The molecular formula is C59H37F3N4. The van der Waals surface area contributed by atoms with Gasteiger partial charge in [0.05, 0.1) is 56.6 Å². The third-order valence-corrected chi connectivity index (χ3v) is 12.8. The van der Waals surface area contributed by atoms with Crippen LogP contribution in [0.4, 0.5) is 13.2 Å². The van der Waals surface area contributed by atoms with Crippen molar-refractivity contribution in [1.82, 2.24) is 9.13 Å². The predicted molar refractivity (Wildman–Crippen MR) is 261 cm³/mol. The van der Waals surface area contributed by atoms with Crippen LogP contribution in [0.1, 0.15) is 27.8 Å². The van der Waals surface area contributed by atoms with E-state index in [1.54, 1.807) is 18.2 Å². The van der Waals surface area contributed by atoms with Crippen LogP contribution < -0.4 is 0 Å². The van der Waals surface area contributed by atoms with Crippen molar-refractivity contribution in [3.63, 3.8) is 0 Å². The van der Waals surface area contributed by atoms with E-state index in [1.807, 2.05) is 54.6 Å². The van der Waals surface area contributed by atoms with E-state index < -0.39 is 11.7 Å². The van der Waals surface area contributed by atoms with E-state index in [1.165, 1.54) is 23.3 Å². The standard InChI is InChI=1S/C59H37F3N4/c1-36-11-17-40(18-12-36)42-21-27-56-51(31-42)47-7-3-5-9-54(47)65(56)44-23-25-45(46-24-15-39(35-64)30-53(46)59(60,61)62)49(33-44)50-29-38(34-63)16-26-57(50)66-55-10-6-4-8-48(55)52-32-43(22-28-58(52)66)41-19-13-37(2)14-20-41/h3-33H,1-2H3. The summed E-state index contributed by atoms with van der Waals surface area (Å²) in [5, 5.41) is 24.3. The molecule has 0 amide bonds. The molecule has 0 radical (unpaired) electrons. The molecule has 0 saturated carbocycles. The lowest BCUT2D eigenvalue weighted by molar-refractivity contribution is -0.137. The van der Waals surface area contributed by atoms with E-state index in [0.717, 1.165) is 77.6 Å². The van der Waals surface area contributed by atoms with Gasteiger partial charge in [-0.25, -0.2) is 0 Å². The highest BCUT2D eigenvalue weighted by molar-refractivity contribution is 6.12. The van der Waals surface area contributed by atoms with Crippen LogP contribution in [0.2, 0.25) is 0 Å². The lowest BCUT2D eigenvalue weighted by Crippen LogP contribution is -2.08. The molecule has 2 heterocycles. The van der Waals surface area contributed by atoms with Crippen molar-refractivity contribution in [2.75, 3.05) is 0 Å². The minimum absolute atomic E-state index is 0.0775. The SMILES string of the molecule is Cc1ccc(-c2ccc3c(c2)c2ccccc2n3-c2ccc(-c3ccc(C#N)cc3C(F)(F)F)c(-c3cc(C#N)ccc3-n3c4ccccc4c4cc(-c5ccc(C)cc5)ccc43)c2)cc1. The van der Waals surface area contributed by atoms with Crippen molar-refractivity contribution in [3.05, 3.63) is 216 Å². The molecule has 4 nitrogen and oxygen atoms in total. The molecule has 0 bridgehead atoms. The lowest BCUT2D eigenvalue weighted by atomic mass is 9.89. The average Bonchev–Trinajstić information content (AvgIpc) is 3.86. The number of aromatic nitrogens is 2. The van der Waals surface area contributed by atoms with Gasteiger partial charge in [-0.3, -0.25) is 0 Å². The minimum atomic E-state index is -4.78. The summed E-state index contributed by atoms with van der Waals surface area (Å²) < 4.78 is 49.9. The predicted octanol–water partition coefficient (Wildman–Crippen LogP) is 15.9. The number of rotatable bonds is 6. The van der Waals surface area contributed by atoms with Crippen molar-refractivity contribution in [3.8, 4) is 68.0 Å². The first-order chi connectivity index (χ1) is 32.1. The molecule has 66 heavy (non-hydrogen) atoms. The minimum Gasteiger partial charge on any atom is -0.309 e. The fraction of sp³-hybridized carbons (Fsp3) is 0.0508. The number of aryl methyl sites for hydroxylation is 2. The van der Waals surface area contributed by atoms with Crippen LogP contribution in [0.3, 0.4) is 0 Å². The van der Waals surface area contributed by atoms with Gasteiger partial charge < -0.3 is 9.13 Å². The van der Waals surface area contributed by atoms with Crippen LogP contribution in [0.5, 0.6) is 0 Å². The fourth-order valence-electron chi connectivity index (χ4n) is 9.56. The molecule has 0 aliphatic carbocycles. The third kappa shape index (κ3) is 6.69. The molecule has 0 atom stereocenters. The number of hydrogen-bond donors (Lipinski definition) is 0. The van der Waals surface area contributed by atoms with Crippen molar-refractivity contribution >= 4 is 43.6 Å². The Labute approximate surface area is 378 Å². The van der Waals surface area contributed by atoms with Crippen LogP contribution >= 0.6 is 0 Å². The van der Waals surface area contributed by atoms with Gasteiger partial charge in [-0.2, -0.15) is 23.7 Å². The summed E-state index contributed by atoms with van der Waals surface area (Å²) >= 11 is 0. The van der Waals surface area contributed by atoms with Crippen LogP contribution in [0, 0.1) is 36.5 Å². The second kappa shape index (κ2) is 15.6. The number of hydrogen-bond acceptors (Lipinski definition) is 2. The Morgan fingerprint density at radius 1 is 0.394 bits per heavy atom. The molecule has 0 saturated heterocycles. The first-order valence-corrected chi connectivity index (χ1v) is 21.6. The first kappa shape index (κ1) is 40.1. The Morgan fingerprint density at radius 2 is 0.879 bits per heavy atom. The molecule has 11 rings (SSSR count). The largest absolute Gasteiger partial charge is 0.417 e. The Balaban J connectivity index is 1.21. The Hall–Kier alpha value is -8.65. The van der Waals surface area contributed by atoms with Crippen molar-refractivity contribution < 1.29 is 13.2 Å². The zero-order valence-corrected chi connectivity index (χ0v) is 35.8. The molecule has 0 aliphatic heterocycles. The zero-order chi connectivity index (χ0) is 45.3. The van der Waals surface area contributed by atoms with Gasteiger partial charge in [0.2, 0.25) is 0 Å². The van der Waals surface area contributed by atoms with E-state index >= 15 is 13.2 Å². The third-order valence-electron chi connectivity index (χ3n) is 12.8. The topological polar surface area (TPSA) is 57.4 Å². The van der Waals surface area contributed by atoms with E-state index in [-0.39, 0.29) is 11.1 Å². The maximum atomic E-state index is 15.2. The number of halogens is 3. The molecule has 0 spiro atoms. The van der Waals surface area contributed by atoms with Crippen LogP contribution in [0.15, 0.2) is 188 Å². The van der Waals surface area contributed by atoms with Gasteiger partial charge in [0.15, 0.2) is 0 Å². The highest BCUT2D eigenvalue weighted by Gasteiger charge is 2.35. The Morgan fingerprint density at radius 3 is 1.45 bits per heavy atom. The molecule has 9 aromatic carbocycles. The van der Waals surface area contributed by atoms with Crippen molar-refractivity contribution in [2.45, 2.75) is 20.0 Å². The molecule has 0 N–H and O–H groups in total. The van der Waals surface area contributed by atoms with E-state index in [9.17, 15) is 10.5 Å². The molecule has 11 aromatic rings. The summed E-state index contributed by atoms with van der Waals surface area (Å²) in [6.07, 6.45) is -4.78. The number of nitriles is 2. The summed E-state index contributed by atoms with van der Waals surface area (Å²) in [5.41, 5.74) is 12.3. The average molecular weight is 859 g/mol. The molecular weight excluding hydrogens is 822 g/mol. The molecule has 0 aliphatic rings. The van der Waals surface area contributed by atoms with Gasteiger partial charge in [-0.15, -0.1) is 0 Å². The highest BCUT2D eigenvalue weighted by atomic mass is 19.4. The molecule has 314 valence electrons. The number of benzene rings is 9. The maximum Gasteiger partial charge on any atom is 0.417 e. The lowest BCUT2D eigenvalue weighted by Gasteiger charge is -2.21. The quantitative estimate of drug-likeness (QED) is 0.167. The normalized spacial score (nSPS) is 11.7. The number of para-hydroxylation sites is 2. The maximum absolute atomic E-state index is 15.2. The molecule has 7 heteroatoms. The van der Waals surface area contributed by atoms with E-state index in [0.29, 0.717) is 27.9 Å². The van der Waals surface area contributed by atoms with Crippen molar-refractivity contribution in [1.29, 1.82) is 10.5 Å².